The molecule has 1 aromatic rings. The van der Waals surface area contributed by atoms with Gasteiger partial charge in [-0.05, 0) is 82.2 Å². The molecule has 0 heterocycles. The first-order chi connectivity index (χ1) is 9.50. The molecule has 1 aromatic carbocycles. The summed E-state index contributed by atoms with van der Waals surface area (Å²) in [5.74, 6) is -0.615. The third kappa shape index (κ3) is 6.56. The second-order valence-corrected chi connectivity index (χ2v) is 7.78. The van der Waals surface area contributed by atoms with Gasteiger partial charge in [0.2, 0.25) is 0 Å². The van der Waals surface area contributed by atoms with E-state index < -0.39 is 0 Å². The molecule has 1 rings (SSSR count). The number of benzene rings is 1. The van der Waals surface area contributed by atoms with Gasteiger partial charge in [0.1, 0.15) is 11.6 Å². The summed E-state index contributed by atoms with van der Waals surface area (Å²) in [7, 11) is 0. The van der Waals surface area contributed by atoms with E-state index in [2.05, 4.69) is 39.9 Å². The lowest BCUT2D eigenvalue weighted by Gasteiger charge is -2.28. The van der Waals surface area contributed by atoms with E-state index >= 15 is 0 Å². The molecular weight excluding hydrogens is 268 g/mol. The van der Waals surface area contributed by atoms with Gasteiger partial charge >= 0.3 is 0 Å². The maximum Gasteiger partial charge on any atom is 0.126 e. The molecule has 120 valence electrons. The van der Waals surface area contributed by atoms with Crippen molar-refractivity contribution in [2.24, 2.45) is 5.41 Å². The zero-order valence-electron chi connectivity index (χ0n) is 14.2. The van der Waals surface area contributed by atoms with Crippen molar-refractivity contribution >= 4 is 0 Å². The van der Waals surface area contributed by atoms with E-state index in [4.69, 9.17) is 0 Å². The quantitative estimate of drug-likeness (QED) is 0.778. The number of rotatable bonds is 6. The third-order valence-corrected chi connectivity index (χ3v) is 3.86. The van der Waals surface area contributed by atoms with Crippen LogP contribution in [0.15, 0.2) is 12.1 Å². The molecule has 1 nitrogen and oxygen atoms in total. The number of nitrogens with one attached hydrogen (secondary N) is 1. The highest BCUT2D eigenvalue weighted by atomic mass is 19.1. The van der Waals surface area contributed by atoms with Gasteiger partial charge in [-0.3, -0.25) is 0 Å². The van der Waals surface area contributed by atoms with Gasteiger partial charge in [-0.25, -0.2) is 8.78 Å². The average molecular weight is 297 g/mol. The van der Waals surface area contributed by atoms with Crippen LogP contribution >= 0.6 is 0 Å². The average Bonchev–Trinajstić information content (AvgIpc) is 2.30. The van der Waals surface area contributed by atoms with Crippen molar-refractivity contribution in [2.75, 3.05) is 6.54 Å². The van der Waals surface area contributed by atoms with Crippen LogP contribution in [0.2, 0.25) is 0 Å². The maximum absolute atomic E-state index is 13.8. The molecule has 1 N–H and O–H groups in total. The van der Waals surface area contributed by atoms with Crippen LogP contribution in [0.3, 0.4) is 0 Å². The van der Waals surface area contributed by atoms with Crippen LogP contribution in [0.1, 0.15) is 58.6 Å². The smallest absolute Gasteiger partial charge is 0.126 e. The second kappa shape index (κ2) is 6.87. The Kier molecular flexibility index (Phi) is 5.92. The third-order valence-electron chi connectivity index (χ3n) is 3.86. The van der Waals surface area contributed by atoms with Crippen LogP contribution in [0.5, 0.6) is 0 Å². The first-order valence-electron chi connectivity index (χ1n) is 7.70. The van der Waals surface area contributed by atoms with Gasteiger partial charge in [-0.1, -0.05) is 13.8 Å². The Labute approximate surface area is 128 Å². The summed E-state index contributed by atoms with van der Waals surface area (Å²) < 4.78 is 27.4. The van der Waals surface area contributed by atoms with Crippen LogP contribution in [0, 0.1) is 24.0 Å². The SMILES string of the molecule is Cc1cc(F)c(CCC(C)(C)CCNC(C)(C)C)cc1F. The lowest BCUT2D eigenvalue weighted by atomic mass is 9.83. The standard InChI is InChI=1S/C18H29F2N/c1-13-11-16(20)14(12-15(13)19)7-8-18(5,6)9-10-21-17(2,3)4/h11-12,21H,7-10H2,1-6H3. The van der Waals surface area contributed by atoms with Crippen LogP contribution < -0.4 is 5.32 Å². The Morgan fingerprint density at radius 2 is 1.57 bits per heavy atom. The van der Waals surface area contributed by atoms with Crippen molar-refractivity contribution in [3.05, 3.63) is 34.9 Å². The zero-order chi connectivity index (χ0) is 16.3. The fourth-order valence-electron chi connectivity index (χ4n) is 2.25. The van der Waals surface area contributed by atoms with Gasteiger partial charge in [0, 0.05) is 5.54 Å². The molecule has 0 aromatic heterocycles. The largest absolute Gasteiger partial charge is 0.312 e. The van der Waals surface area contributed by atoms with E-state index in [-0.39, 0.29) is 22.6 Å². The summed E-state index contributed by atoms with van der Waals surface area (Å²) in [6, 6.07) is 2.63. The van der Waals surface area contributed by atoms with E-state index in [1.165, 1.54) is 12.1 Å². The molecule has 0 bridgehead atoms. The first kappa shape index (κ1) is 18.1. The van der Waals surface area contributed by atoms with E-state index in [0.717, 1.165) is 19.4 Å². The monoisotopic (exact) mass is 297 g/mol. The topological polar surface area (TPSA) is 12.0 Å². The Morgan fingerprint density at radius 3 is 2.14 bits per heavy atom. The molecule has 0 saturated carbocycles. The normalized spacial score (nSPS) is 12.8. The fourth-order valence-corrected chi connectivity index (χ4v) is 2.25. The fraction of sp³-hybridized carbons (Fsp3) is 0.667. The Balaban J connectivity index is 2.55. The van der Waals surface area contributed by atoms with E-state index in [1.807, 2.05) is 0 Å². The Hall–Kier alpha value is -0.960. The second-order valence-electron chi connectivity index (χ2n) is 7.78. The molecule has 0 amide bonds. The van der Waals surface area contributed by atoms with Crippen LogP contribution in [-0.2, 0) is 6.42 Å². The summed E-state index contributed by atoms with van der Waals surface area (Å²) in [5.41, 5.74) is 1.06. The summed E-state index contributed by atoms with van der Waals surface area (Å²) in [4.78, 5) is 0. The Morgan fingerprint density at radius 1 is 0.952 bits per heavy atom. The van der Waals surface area contributed by atoms with Gasteiger partial charge in [-0.2, -0.15) is 0 Å². The molecule has 0 radical (unpaired) electrons. The van der Waals surface area contributed by atoms with Gasteiger partial charge in [0.15, 0.2) is 0 Å². The molecular formula is C18H29F2N. The molecule has 0 saturated heterocycles. The number of hydrogen-bond donors (Lipinski definition) is 1. The highest BCUT2D eigenvalue weighted by Crippen LogP contribution is 2.28. The molecule has 0 atom stereocenters. The van der Waals surface area contributed by atoms with Crippen molar-refractivity contribution < 1.29 is 8.78 Å². The van der Waals surface area contributed by atoms with Crippen LogP contribution in [0.25, 0.3) is 0 Å². The lowest BCUT2D eigenvalue weighted by Crippen LogP contribution is -2.38. The van der Waals surface area contributed by atoms with E-state index in [0.29, 0.717) is 17.5 Å². The summed E-state index contributed by atoms with van der Waals surface area (Å²) in [5, 5.41) is 3.47. The minimum absolute atomic E-state index is 0.103. The van der Waals surface area contributed by atoms with Gasteiger partial charge in [-0.15, -0.1) is 0 Å². The highest BCUT2D eigenvalue weighted by Gasteiger charge is 2.20. The van der Waals surface area contributed by atoms with Gasteiger partial charge < -0.3 is 5.32 Å². The molecule has 0 aliphatic carbocycles. The summed E-state index contributed by atoms with van der Waals surface area (Å²) >= 11 is 0. The highest BCUT2D eigenvalue weighted by molar-refractivity contribution is 5.25. The van der Waals surface area contributed by atoms with Crippen molar-refractivity contribution in [3.8, 4) is 0 Å². The van der Waals surface area contributed by atoms with Crippen molar-refractivity contribution in [3.63, 3.8) is 0 Å². The zero-order valence-corrected chi connectivity index (χ0v) is 14.2. The Bertz CT molecular complexity index is 473. The van der Waals surface area contributed by atoms with Crippen molar-refractivity contribution in [2.45, 2.75) is 66.3 Å². The molecule has 0 aliphatic heterocycles. The molecule has 0 aliphatic rings. The molecule has 0 unspecified atom stereocenters. The number of halogens is 2. The van der Waals surface area contributed by atoms with E-state index in [9.17, 15) is 8.78 Å². The van der Waals surface area contributed by atoms with Gasteiger partial charge in [0.25, 0.3) is 0 Å². The molecule has 21 heavy (non-hydrogen) atoms. The maximum atomic E-state index is 13.8. The number of aryl methyl sites for hydroxylation is 2. The summed E-state index contributed by atoms with van der Waals surface area (Å²) in [6.07, 6.45) is 2.43. The van der Waals surface area contributed by atoms with Crippen LogP contribution in [-0.4, -0.2) is 12.1 Å². The molecule has 0 fully saturated rings. The van der Waals surface area contributed by atoms with Gasteiger partial charge in [0.05, 0.1) is 0 Å². The first-order valence-corrected chi connectivity index (χ1v) is 7.70. The number of hydrogen-bond acceptors (Lipinski definition) is 1. The minimum Gasteiger partial charge on any atom is -0.312 e. The van der Waals surface area contributed by atoms with Crippen LogP contribution in [0.4, 0.5) is 8.78 Å². The van der Waals surface area contributed by atoms with E-state index in [1.54, 1.807) is 6.92 Å². The van der Waals surface area contributed by atoms with Crippen molar-refractivity contribution in [1.29, 1.82) is 0 Å². The minimum atomic E-state index is -0.321. The molecule has 0 spiro atoms. The van der Waals surface area contributed by atoms with Crippen molar-refractivity contribution in [1.82, 2.24) is 5.32 Å². The summed E-state index contributed by atoms with van der Waals surface area (Å²) in [6.45, 7) is 13.3. The predicted molar refractivity (Wildman–Crippen MR) is 85.6 cm³/mol. The lowest BCUT2D eigenvalue weighted by molar-refractivity contribution is 0.283. The predicted octanol–water partition coefficient (Wildman–Crippen LogP) is 5.01. The molecule has 3 heteroatoms.